The summed E-state index contributed by atoms with van der Waals surface area (Å²) in [6, 6.07) is 0. The monoisotopic (exact) mass is 316 g/mol. The van der Waals surface area contributed by atoms with E-state index in [4.69, 9.17) is 4.74 Å². The van der Waals surface area contributed by atoms with Gasteiger partial charge in [-0.25, -0.2) is 14.6 Å². The van der Waals surface area contributed by atoms with E-state index in [-0.39, 0.29) is 5.91 Å². The molecule has 8 nitrogen and oxygen atoms in total. The average Bonchev–Trinajstić information content (AvgIpc) is 3.24. The van der Waals surface area contributed by atoms with Gasteiger partial charge in [-0.15, -0.1) is 0 Å². The summed E-state index contributed by atoms with van der Waals surface area (Å²) in [5.41, 5.74) is 1.60. The molecule has 1 aliphatic rings. The minimum atomic E-state index is -0.103. The number of carbonyl (C=O) groups is 1. The van der Waals surface area contributed by atoms with Crippen molar-refractivity contribution in [2.45, 2.75) is 19.3 Å². The van der Waals surface area contributed by atoms with Crippen LogP contribution in [0.3, 0.4) is 0 Å². The molecule has 3 heterocycles. The zero-order valence-electron chi connectivity index (χ0n) is 13.1. The Kier molecular flexibility index (Phi) is 4.82. The number of amides is 1. The van der Waals surface area contributed by atoms with Crippen molar-refractivity contribution < 1.29 is 9.53 Å². The second-order valence-electron chi connectivity index (χ2n) is 5.39. The van der Waals surface area contributed by atoms with Gasteiger partial charge in [0.15, 0.2) is 5.82 Å². The Morgan fingerprint density at radius 2 is 2.17 bits per heavy atom. The number of aromatic nitrogens is 4. The van der Waals surface area contributed by atoms with Crippen LogP contribution in [0.2, 0.25) is 0 Å². The van der Waals surface area contributed by atoms with Crippen molar-refractivity contribution in [3.63, 3.8) is 0 Å². The van der Waals surface area contributed by atoms with E-state index in [0.29, 0.717) is 18.7 Å². The summed E-state index contributed by atoms with van der Waals surface area (Å²) < 4.78 is 6.56. The third-order valence-electron chi connectivity index (χ3n) is 3.74. The normalized spacial score (nSPS) is 14.2. The van der Waals surface area contributed by atoms with E-state index in [1.807, 2.05) is 6.20 Å². The zero-order valence-corrected chi connectivity index (χ0v) is 13.1. The highest BCUT2D eigenvalue weighted by Crippen LogP contribution is 2.25. The van der Waals surface area contributed by atoms with Crippen molar-refractivity contribution in [3.8, 4) is 5.82 Å². The number of methoxy groups -OCH3 is 1. The Morgan fingerprint density at radius 3 is 2.96 bits per heavy atom. The molecule has 2 aromatic rings. The van der Waals surface area contributed by atoms with Crippen molar-refractivity contribution in [3.05, 3.63) is 24.9 Å². The van der Waals surface area contributed by atoms with Crippen LogP contribution in [0.5, 0.6) is 0 Å². The first-order chi connectivity index (χ1) is 11.3. The van der Waals surface area contributed by atoms with Gasteiger partial charge in [0.2, 0.25) is 5.91 Å². The lowest BCUT2D eigenvalue weighted by atomic mass is 10.4. The first-order valence-electron chi connectivity index (χ1n) is 7.66. The van der Waals surface area contributed by atoms with Gasteiger partial charge in [-0.3, -0.25) is 4.79 Å². The maximum absolute atomic E-state index is 11.7. The Hall–Kier alpha value is -2.48. The van der Waals surface area contributed by atoms with Crippen molar-refractivity contribution in [1.82, 2.24) is 19.7 Å². The van der Waals surface area contributed by atoms with Crippen molar-refractivity contribution in [2.75, 3.05) is 37.0 Å². The molecule has 0 spiro atoms. The molecule has 0 atom stereocenters. The summed E-state index contributed by atoms with van der Waals surface area (Å²) in [5.74, 6) is 0.619. The topological polar surface area (TPSA) is 85.2 Å². The van der Waals surface area contributed by atoms with E-state index >= 15 is 0 Å². The Balaban J connectivity index is 1.76. The van der Waals surface area contributed by atoms with Crippen molar-refractivity contribution >= 4 is 17.3 Å². The van der Waals surface area contributed by atoms with Crippen molar-refractivity contribution in [1.29, 1.82) is 0 Å². The van der Waals surface area contributed by atoms with Gasteiger partial charge in [0, 0.05) is 20.2 Å². The van der Waals surface area contributed by atoms with Crippen LogP contribution in [-0.4, -0.2) is 52.5 Å². The molecule has 1 aliphatic heterocycles. The molecule has 0 saturated carbocycles. The maximum atomic E-state index is 11.7. The fraction of sp³-hybridized carbons (Fsp3) is 0.467. The highest BCUT2D eigenvalue weighted by atomic mass is 16.5. The summed E-state index contributed by atoms with van der Waals surface area (Å²) >= 11 is 0. The molecule has 1 N–H and O–H groups in total. The van der Waals surface area contributed by atoms with Gasteiger partial charge in [0.25, 0.3) is 0 Å². The van der Waals surface area contributed by atoms with Gasteiger partial charge >= 0.3 is 0 Å². The lowest BCUT2D eigenvalue weighted by Crippen LogP contribution is -2.20. The number of rotatable bonds is 6. The highest BCUT2D eigenvalue weighted by Gasteiger charge is 2.18. The fourth-order valence-corrected chi connectivity index (χ4v) is 2.59. The molecule has 1 amide bonds. The molecule has 122 valence electrons. The van der Waals surface area contributed by atoms with Gasteiger partial charge in [-0.2, -0.15) is 5.10 Å². The summed E-state index contributed by atoms with van der Waals surface area (Å²) in [4.78, 5) is 22.5. The molecule has 8 heteroatoms. The highest BCUT2D eigenvalue weighted by molar-refractivity contribution is 5.90. The number of carbonyl (C=O) groups excluding carboxylic acids is 1. The molecule has 23 heavy (non-hydrogen) atoms. The largest absolute Gasteiger partial charge is 0.384 e. The number of ether oxygens (including phenoxy) is 1. The zero-order chi connectivity index (χ0) is 16.1. The van der Waals surface area contributed by atoms with E-state index in [2.05, 4.69) is 25.3 Å². The molecule has 0 aliphatic carbocycles. The number of hydrogen-bond donors (Lipinski definition) is 1. The minimum Gasteiger partial charge on any atom is -0.384 e. The first-order valence-corrected chi connectivity index (χ1v) is 7.66. The standard InChI is InChI=1S/C15H20N6O2/c1-23-7-4-14(22)19-12-8-18-21(10-12)15-13(9-16-11-17-15)20-5-2-3-6-20/h8-11H,2-7H2,1H3,(H,19,22). The van der Waals surface area contributed by atoms with Crippen LogP contribution in [0.25, 0.3) is 5.82 Å². The average molecular weight is 316 g/mol. The van der Waals surface area contributed by atoms with Gasteiger partial charge in [-0.1, -0.05) is 0 Å². The molecule has 0 unspecified atom stereocenters. The molecular weight excluding hydrogens is 296 g/mol. The summed E-state index contributed by atoms with van der Waals surface area (Å²) in [7, 11) is 1.57. The molecule has 1 fully saturated rings. The Morgan fingerprint density at radius 1 is 1.35 bits per heavy atom. The predicted octanol–water partition coefficient (Wildman–Crippen LogP) is 1.24. The SMILES string of the molecule is COCCC(=O)Nc1cnn(-c2ncncc2N2CCCC2)c1. The Labute approximate surface area is 134 Å². The molecular formula is C15H20N6O2. The van der Waals surface area contributed by atoms with Crippen LogP contribution >= 0.6 is 0 Å². The van der Waals surface area contributed by atoms with Gasteiger partial charge in [0.05, 0.1) is 37.3 Å². The van der Waals surface area contributed by atoms with E-state index < -0.39 is 0 Å². The number of anilines is 2. The van der Waals surface area contributed by atoms with Crippen LogP contribution < -0.4 is 10.2 Å². The van der Waals surface area contributed by atoms with E-state index in [0.717, 1.165) is 24.6 Å². The van der Waals surface area contributed by atoms with Crippen LogP contribution in [0, 0.1) is 0 Å². The predicted molar refractivity (Wildman–Crippen MR) is 85.7 cm³/mol. The first kappa shape index (κ1) is 15.4. The molecule has 0 bridgehead atoms. The molecule has 0 aromatic carbocycles. The quantitative estimate of drug-likeness (QED) is 0.863. The van der Waals surface area contributed by atoms with Crippen molar-refractivity contribution in [2.24, 2.45) is 0 Å². The summed E-state index contributed by atoms with van der Waals surface area (Å²) in [6.45, 7) is 2.40. The molecule has 3 rings (SSSR count). The molecule has 2 aromatic heterocycles. The van der Waals surface area contributed by atoms with E-state index in [9.17, 15) is 4.79 Å². The maximum Gasteiger partial charge on any atom is 0.226 e. The summed E-state index contributed by atoms with van der Waals surface area (Å²) in [5, 5.41) is 7.10. The number of nitrogens with zero attached hydrogens (tertiary/aromatic N) is 5. The van der Waals surface area contributed by atoms with Crippen LogP contribution in [0.4, 0.5) is 11.4 Å². The number of hydrogen-bond acceptors (Lipinski definition) is 6. The van der Waals surface area contributed by atoms with Crippen LogP contribution in [0.1, 0.15) is 19.3 Å². The molecule has 1 saturated heterocycles. The van der Waals surface area contributed by atoms with E-state index in [1.165, 1.54) is 19.2 Å². The minimum absolute atomic E-state index is 0.103. The van der Waals surface area contributed by atoms with Crippen LogP contribution in [0.15, 0.2) is 24.9 Å². The van der Waals surface area contributed by atoms with E-state index in [1.54, 1.807) is 24.2 Å². The fourth-order valence-electron chi connectivity index (χ4n) is 2.59. The third kappa shape index (κ3) is 3.65. The summed E-state index contributed by atoms with van der Waals surface area (Å²) in [6.07, 6.45) is 9.35. The Bertz CT molecular complexity index is 665. The van der Waals surface area contributed by atoms with Gasteiger partial charge in [-0.05, 0) is 12.8 Å². The second-order valence-corrected chi connectivity index (χ2v) is 5.39. The third-order valence-corrected chi connectivity index (χ3v) is 3.74. The second kappa shape index (κ2) is 7.19. The van der Waals surface area contributed by atoms with Gasteiger partial charge in [0.1, 0.15) is 12.0 Å². The number of nitrogens with one attached hydrogen (secondary N) is 1. The van der Waals surface area contributed by atoms with Gasteiger partial charge < -0.3 is 15.0 Å². The lowest BCUT2D eigenvalue weighted by molar-refractivity contribution is -0.117. The lowest BCUT2D eigenvalue weighted by Gasteiger charge is -2.19. The smallest absolute Gasteiger partial charge is 0.226 e. The van der Waals surface area contributed by atoms with Crippen LogP contribution in [-0.2, 0) is 9.53 Å². The molecule has 0 radical (unpaired) electrons.